The third kappa shape index (κ3) is 5.65. The van der Waals surface area contributed by atoms with Crippen molar-refractivity contribution >= 4 is 34.5 Å². The Balaban J connectivity index is 1.44. The number of hydrogen-bond donors (Lipinski definition) is 2. The highest BCUT2D eigenvalue weighted by Gasteiger charge is 2.14. The summed E-state index contributed by atoms with van der Waals surface area (Å²) in [6.45, 7) is 2.03. The standard InChI is InChI=1S/C26H22FN3O3S/c1-16-6-8-17(9-7-16)26-29-21(15-34-26)14-24(31)28-20-10-11-23(33-2)22(13-20)30-25(32)18-4-3-5-19(27)12-18/h3-13,15H,14H2,1-2H3,(H,28,31)(H,30,32). The predicted molar refractivity (Wildman–Crippen MR) is 132 cm³/mol. The molecule has 0 saturated carbocycles. The lowest BCUT2D eigenvalue weighted by Gasteiger charge is -2.13. The number of rotatable bonds is 7. The van der Waals surface area contributed by atoms with Crippen molar-refractivity contribution in [3.8, 4) is 16.3 Å². The summed E-state index contributed by atoms with van der Waals surface area (Å²) in [4.78, 5) is 29.7. The van der Waals surface area contributed by atoms with Crippen LogP contribution >= 0.6 is 11.3 Å². The van der Waals surface area contributed by atoms with Crippen LogP contribution in [0, 0.1) is 12.7 Å². The number of aromatic nitrogens is 1. The highest BCUT2D eigenvalue weighted by atomic mass is 32.1. The molecule has 3 aromatic carbocycles. The van der Waals surface area contributed by atoms with E-state index in [4.69, 9.17) is 4.74 Å². The maximum absolute atomic E-state index is 13.5. The number of anilines is 2. The summed E-state index contributed by atoms with van der Waals surface area (Å²) in [5.74, 6) is -0.834. The topological polar surface area (TPSA) is 80.3 Å². The van der Waals surface area contributed by atoms with Crippen molar-refractivity contribution in [1.82, 2.24) is 4.98 Å². The Morgan fingerprint density at radius 2 is 1.82 bits per heavy atom. The molecule has 0 aliphatic heterocycles. The molecule has 0 unspecified atom stereocenters. The van der Waals surface area contributed by atoms with Crippen LogP contribution in [0.3, 0.4) is 0 Å². The molecule has 0 bridgehead atoms. The van der Waals surface area contributed by atoms with Crippen LogP contribution in [0.25, 0.3) is 10.6 Å². The summed E-state index contributed by atoms with van der Waals surface area (Å²) < 4.78 is 18.8. The summed E-state index contributed by atoms with van der Waals surface area (Å²) in [7, 11) is 1.47. The summed E-state index contributed by atoms with van der Waals surface area (Å²) in [6, 6.07) is 18.3. The maximum Gasteiger partial charge on any atom is 0.255 e. The quantitative estimate of drug-likeness (QED) is 0.359. The first-order chi connectivity index (χ1) is 16.4. The predicted octanol–water partition coefficient (Wildman–Crippen LogP) is 5.70. The fourth-order valence-electron chi connectivity index (χ4n) is 3.29. The molecule has 6 nitrogen and oxygen atoms in total. The van der Waals surface area contributed by atoms with Gasteiger partial charge in [0.15, 0.2) is 0 Å². The fourth-order valence-corrected chi connectivity index (χ4v) is 4.12. The summed E-state index contributed by atoms with van der Waals surface area (Å²) in [5, 5.41) is 8.25. The number of hydrogen-bond acceptors (Lipinski definition) is 5. The molecular weight excluding hydrogens is 453 g/mol. The number of nitrogens with zero attached hydrogens (tertiary/aromatic N) is 1. The van der Waals surface area contributed by atoms with E-state index in [0.29, 0.717) is 22.8 Å². The van der Waals surface area contributed by atoms with E-state index in [1.807, 2.05) is 36.6 Å². The van der Waals surface area contributed by atoms with Crippen molar-refractivity contribution in [2.45, 2.75) is 13.3 Å². The number of thiazole rings is 1. The first kappa shape index (κ1) is 23.1. The van der Waals surface area contributed by atoms with Gasteiger partial charge in [0, 0.05) is 22.2 Å². The second kappa shape index (κ2) is 10.3. The molecule has 8 heteroatoms. The highest BCUT2D eigenvalue weighted by molar-refractivity contribution is 7.13. The van der Waals surface area contributed by atoms with E-state index < -0.39 is 11.7 Å². The van der Waals surface area contributed by atoms with E-state index in [1.54, 1.807) is 18.2 Å². The lowest BCUT2D eigenvalue weighted by molar-refractivity contribution is -0.115. The number of benzene rings is 3. The van der Waals surface area contributed by atoms with E-state index >= 15 is 0 Å². The lowest BCUT2D eigenvalue weighted by atomic mass is 10.2. The van der Waals surface area contributed by atoms with Crippen LogP contribution in [0.15, 0.2) is 72.1 Å². The van der Waals surface area contributed by atoms with Gasteiger partial charge in [-0.25, -0.2) is 9.37 Å². The third-order valence-corrected chi connectivity index (χ3v) is 5.95. The Morgan fingerprint density at radius 3 is 2.56 bits per heavy atom. The van der Waals surface area contributed by atoms with E-state index in [-0.39, 0.29) is 17.9 Å². The van der Waals surface area contributed by atoms with Crippen LogP contribution in [0.2, 0.25) is 0 Å². The van der Waals surface area contributed by atoms with E-state index in [2.05, 4.69) is 15.6 Å². The van der Waals surface area contributed by atoms with Gasteiger partial charge < -0.3 is 15.4 Å². The van der Waals surface area contributed by atoms with Crippen molar-refractivity contribution in [3.05, 3.63) is 94.7 Å². The molecule has 2 N–H and O–H groups in total. The molecule has 1 heterocycles. The van der Waals surface area contributed by atoms with E-state index in [9.17, 15) is 14.0 Å². The van der Waals surface area contributed by atoms with Crippen molar-refractivity contribution < 1.29 is 18.7 Å². The number of aryl methyl sites for hydroxylation is 1. The average Bonchev–Trinajstić information content (AvgIpc) is 3.28. The molecule has 0 aliphatic carbocycles. The first-order valence-electron chi connectivity index (χ1n) is 10.5. The van der Waals surface area contributed by atoms with Crippen LogP contribution < -0.4 is 15.4 Å². The number of amides is 2. The molecular formula is C26H22FN3O3S. The van der Waals surface area contributed by atoms with Gasteiger partial charge in [-0.1, -0.05) is 35.9 Å². The molecule has 0 radical (unpaired) electrons. The van der Waals surface area contributed by atoms with Gasteiger partial charge in [-0.15, -0.1) is 11.3 Å². The summed E-state index contributed by atoms with van der Waals surface area (Å²) in [5.41, 5.74) is 3.86. The second-order valence-electron chi connectivity index (χ2n) is 7.61. The third-order valence-electron chi connectivity index (χ3n) is 5.01. The molecule has 0 saturated heterocycles. The van der Waals surface area contributed by atoms with Crippen molar-refractivity contribution in [1.29, 1.82) is 0 Å². The van der Waals surface area contributed by atoms with E-state index in [0.717, 1.165) is 16.6 Å². The largest absolute Gasteiger partial charge is 0.495 e. The zero-order valence-corrected chi connectivity index (χ0v) is 19.4. The number of ether oxygens (including phenoxy) is 1. The SMILES string of the molecule is COc1ccc(NC(=O)Cc2csc(-c3ccc(C)cc3)n2)cc1NC(=O)c1cccc(F)c1. The Hall–Kier alpha value is -4.04. The number of halogens is 1. The van der Waals surface area contributed by atoms with Crippen molar-refractivity contribution in [2.24, 2.45) is 0 Å². The Labute approximate surface area is 200 Å². The summed E-state index contributed by atoms with van der Waals surface area (Å²) >= 11 is 1.49. The molecule has 34 heavy (non-hydrogen) atoms. The van der Waals surface area contributed by atoms with Gasteiger partial charge in [0.25, 0.3) is 5.91 Å². The Morgan fingerprint density at radius 1 is 1.03 bits per heavy atom. The van der Waals surface area contributed by atoms with Gasteiger partial charge in [-0.3, -0.25) is 9.59 Å². The Kier molecular flexibility index (Phi) is 6.98. The van der Waals surface area contributed by atoms with Gasteiger partial charge in [0.2, 0.25) is 5.91 Å². The normalized spacial score (nSPS) is 10.6. The smallest absolute Gasteiger partial charge is 0.255 e. The molecule has 2 amide bonds. The number of carbonyl (C=O) groups is 2. The Bertz CT molecular complexity index is 1340. The molecule has 4 rings (SSSR count). The number of carbonyl (C=O) groups excluding carboxylic acids is 2. The molecule has 0 aliphatic rings. The van der Waals surface area contributed by atoms with Gasteiger partial charge in [-0.2, -0.15) is 0 Å². The number of nitrogens with one attached hydrogen (secondary N) is 2. The fraction of sp³-hybridized carbons (Fsp3) is 0.115. The van der Waals surface area contributed by atoms with Crippen molar-refractivity contribution in [3.63, 3.8) is 0 Å². The molecule has 4 aromatic rings. The van der Waals surface area contributed by atoms with Crippen molar-refractivity contribution in [2.75, 3.05) is 17.7 Å². The van der Waals surface area contributed by atoms with Gasteiger partial charge in [0.05, 0.1) is 24.9 Å². The van der Waals surface area contributed by atoms with Gasteiger partial charge >= 0.3 is 0 Å². The molecule has 172 valence electrons. The van der Waals surface area contributed by atoms with E-state index in [1.165, 1.54) is 42.2 Å². The average molecular weight is 476 g/mol. The molecule has 0 spiro atoms. The second-order valence-corrected chi connectivity index (χ2v) is 8.47. The van der Waals surface area contributed by atoms with Gasteiger partial charge in [0.1, 0.15) is 16.6 Å². The van der Waals surface area contributed by atoms with Crippen LogP contribution in [0.5, 0.6) is 5.75 Å². The monoisotopic (exact) mass is 475 g/mol. The molecule has 1 aromatic heterocycles. The zero-order valence-electron chi connectivity index (χ0n) is 18.6. The lowest BCUT2D eigenvalue weighted by Crippen LogP contribution is -2.16. The molecule has 0 atom stereocenters. The van der Waals surface area contributed by atoms with Crippen LogP contribution in [0.1, 0.15) is 21.6 Å². The highest BCUT2D eigenvalue weighted by Crippen LogP contribution is 2.29. The minimum atomic E-state index is -0.506. The zero-order chi connectivity index (χ0) is 24.1. The number of methoxy groups -OCH3 is 1. The summed E-state index contributed by atoms with van der Waals surface area (Å²) in [6.07, 6.45) is 0.110. The van der Waals surface area contributed by atoms with Crippen LogP contribution in [0.4, 0.5) is 15.8 Å². The molecule has 0 fully saturated rings. The minimum Gasteiger partial charge on any atom is -0.495 e. The maximum atomic E-state index is 13.5. The van der Waals surface area contributed by atoms with Crippen LogP contribution in [-0.2, 0) is 11.2 Å². The first-order valence-corrected chi connectivity index (χ1v) is 11.4. The minimum absolute atomic E-state index is 0.110. The van der Waals surface area contributed by atoms with Gasteiger partial charge in [-0.05, 0) is 43.3 Å². The van der Waals surface area contributed by atoms with Crippen LogP contribution in [-0.4, -0.2) is 23.9 Å².